The Morgan fingerprint density at radius 2 is 2.25 bits per heavy atom. The van der Waals surface area contributed by atoms with Gasteiger partial charge >= 0.3 is 0 Å². The van der Waals surface area contributed by atoms with Gasteiger partial charge in [0.25, 0.3) is 0 Å². The van der Waals surface area contributed by atoms with Crippen molar-refractivity contribution in [3.63, 3.8) is 0 Å². The van der Waals surface area contributed by atoms with Crippen LogP contribution in [0.15, 0.2) is 4.99 Å². The highest BCUT2D eigenvalue weighted by Gasteiger charge is 2.15. The molecule has 0 fully saturated rings. The van der Waals surface area contributed by atoms with E-state index in [0.29, 0.717) is 0 Å². The lowest BCUT2D eigenvalue weighted by atomic mass is 10.5. The van der Waals surface area contributed by atoms with Gasteiger partial charge in [-0.15, -0.1) is 0 Å². The molecule has 0 aromatic carbocycles. The van der Waals surface area contributed by atoms with Gasteiger partial charge < -0.3 is 9.61 Å². The first kappa shape index (κ1) is 12.4. The van der Waals surface area contributed by atoms with Crippen LogP contribution in [-0.2, 0) is 16.3 Å². The standard InChI is InChI=1S/C6H15N2OPS2/c1-6(2)9-10(11,12-4)8-5-7-3/h5-6H,1-4H3,(H,7,8,11). The van der Waals surface area contributed by atoms with Crippen LogP contribution in [0.5, 0.6) is 0 Å². The number of nitrogens with zero attached hydrogens (tertiary/aromatic N) is 1. The molecule has 0 radical (unpaired) electrons. The Balaban J connectivity index is 4.15. The highest BCUT2D eigenvalue weighted by atomic mass is 32.9. The van der Waals surface area contributed by atoms with Crippen molar-refractivity contribution >= 4 is 35.1 Å². The lowest BCUT2D eigenvalue weighted by Crippen LogP contribution is -2.11. The molecule has 0 aromatic rings. The summed E-state index contributed by atoms with van der Waals surface area (Å²) in [5.41, 5.74) is -1.92. The van der Waals surface area contributed by atoms with E-state index in [9.17, 15) is 0 Å². The van der Waals surface area contributed by atoms with Crippen molar-refractivity contribution in [1.29, 1.82) is 0 Å². The molecule has 3 nitrogen and oxygen atoms in total. The maximum Gasteiger partial charge on any atom is 0.211 e. The molecule has 0 saturated carbocycles. The first-order chi connectivity index (χ1) is 5.54. The molecule has 0 aliphatic carbocycles. The van der Waals surface area contributed by atoms with Crippen LogP contribution in [0.1, 0.15) is 13.8 Å². The Hall–Kier alpha value is 0.430. The number of hydrogen-bond donors (Lipinski definition) is 1. The molecule has 1 unspecified atom stereocenters. The molecule has 1 atom stereocenters. The Kier molecular flexibility index (Phi) is 6.19. The quantitative estimate of drug-likeness (QED) is 0.443. The van der Waals surface area contributed by atoms with E-state index in [1.165, 1.54) is 0 Å². The summed E-state index contributed by atoms with van der Waals surface area (Å²) in [4.78, 5) is 3.81. The maximum atomic E-state index is 5.58. The summed E-state index contributed by atoms with van der Waals surface area (Å²) in [6, 6.07) is 0. The summed E-state index contributed by atoms with van der Waals surface area (Å²) in [6.45, 7) is 3.95. The van der Waals surface area contributed by atoms with Crippen LogP contribution < -0.4 is 5.09 Å². The van der Waals surface area contributed by atoms with Gasteiger partial charge in [0, 0.05) is 7.05 Å². The van der Waals surface area contributed by atoms with Crippen LogP contribution in [0.3, 0.4) is 0 Å². The molecule has 0 aromatic heterocycles. The summed E-state index contributed by atoms with van der Waals surface area (Å²) in [7, 11) is 1.70. The van der Waals surface area contributed by atoms with Crippen molar-refractivity contribution < 1.29 is 4.52 Å². The van der Waals surface area contributed by atoms with E-state index in [1.54, 1.807) is 24.8 Å². The van der Waals surface area contributed by atoms with Gasteiger partial charge in [-0.1, -0.05) is 11.4 Å². The van der Waals surface area contributed by atoms with E-state index >= 15 is 0 Å². The molecule has 0 heterocycles. The fraction of sp³-hybridized carbons (Fsp3) is 0.833. The number of rotatable bonds is 5. The van der Waals surface area contributed by atoms with Crippen LogP contribution in [0.2, 0.25) is 0 Å². The van der Waals surface area contributed by atoms with Crippen molar-refractivity contribution in [2.45, 2.75) is 20.0 Å². The van der Waals surface area contributed by atoms with Crippen molar-refractivity contribution in [2.75, 3.05) is 13.3 Å². The largest absolute Gasteiger partial charge is 0.324 e. The first-order valence-electron chi connectivity index (χ1n) is 3.56. The molecule has 0 bridgehead atoms. The third-order valence-corrected chi connectivity index (χ3v) is 6.48. The van der Waals surface area contributed by atoms with E-state index in [4.69, 9.17) is 16.3 Å². The lowest BCUT2D eigenvalue weighted by molar-refractivity contribution is 0.274. The molecule has 0 aliphatic heterocycles. The van der Waals surface area contributed by atoms with E-state index in [0.717, 1.165) is 0 Å². The van der Waals surface area contributed by atoms with Gasteiger partial charge in [0.2, 0.25) is 5.62 Å². The molecule has 1 N–H and O–H groups in total. The molecule has 0 saturated heterocycles. The van der Waals surface area contributed by atoms with Crippen LogP contribution in [0, 0.1) is 0 Å². The smallest absolute Gasteiger partial charge is 0.211 e. The first-order valence-corrected chi connectivity index (χ1v) is 8.11. The Labute approximate surface area is 83.3 Å². The van der Waals surface area contributed by atoms with Crippen LogP contribution in [-0.4, -0.2) is 25.7 Å². The molecule has 0 amide bonds. The van der Waals surface area contributed by atoms with E-state index in [1.807, 2.05) is 20.1 Å². The molecule has 0 rings (SSSR count). The van der Waals surface area contributed by atoms with E-state index < -0.39 is 5.62 Å². The third-order valence-electron chi connectivity index (χ3n) is 0.935. The van der Waals surface area contributed by atoms with Gasteiger partial charge in [-0.2, -0.15) is 0 Å². The highest BCUT2D eigenvalue weighted by molar-refractivity contribution is 8.68. The zero-order chi connectivity index (χ0) is 9.61. The van der Waals surface area contributed by atoms with Gasteiger partial charge in [-0.05, 0) is 31.9 Å². The summed E-state index contributed by atoms with van der Waals surface area (Å²) in [5, 5.41) is 3.00. The van der Waals surface area contributed by atoms with Crippen molar-refractivity contribution in [3.8, 4) is 0 Å². The van der Waals surface area contributed by atoms with Crippen molar-refractivity contribution in [3.05, 3.63) is 0 Å². The van der Waals surface area contributed by atoms with E-state index in [-0.39, 0.29) is 6.10 Å². The molecular weight excluding hydrogens is 211 g/mol. The van der Waals surface area contributed by atoms with Crippen LogP contribution in [0.4, 0.5) is 0 Å². The highest BCUT2D eigenvalue weighted by Crippen LogP contribution is 2.54. The second-order valence-corrected chi connectivity index (χ2v) is 9.05. The van der Waals surface area contributed by atoms with Gasteiger partial charge in [0.1, 0.15) is 0 Å². The second kappa shape index (κ2) is 5.97. The predicted molar refractivity (Wildman–Crippen MR) is 61.6 cm³/mol. The van der Waals surface area contributed by atoms with E-state index in [2.05, 4.69) is 10.1 Å². The normalized spacial score (nSPS) is 16.8. The lowest BCUT2D eigenvalue weighted by Gasteiger charge is -2.21. The fourth-order valence-electron chi connectivity index (χ4n) is 0.532. The fourth-order valence-corrected chi connectivity index (χ4v) is 3.49. The molecule has 6 heteroatoms. The van der Waals surface area contributed by atoms with Crippen molar-refractivity contribution in [1.82, 2.24) is 5.09 Å². The number of aliphatic imine (C=N–C) groups is 1. The van der Waals surface area contributed by atoms with Crippen LogP contribution >= 0.6 is 17.0 Å². The monoisotopic (exact) mass is 226 g/mol. The zero-order valence-electron chi connectivity index (χ0n) is 7.77. The molecule has 0 aliphatic rings. The SMILES string of the molecule is CN=CNP(=S)(OC(C)C)SC. The summed E-state index contributed by atoms with van der Waals surface area (Å²) < 4.78 is 5.58. The summed E-state index contributed by atoms with van der Waals surface area (Å²) in [6.07, 6.45) is 3.69. The molecule has 0 spiro atoms. The topological polar surface area (TPSA) is 33.6 Å². The van der Waals surface area contributed by atoms with Crippen LogP contribution in [0.25, 0.3) is 0 Å². The average molecular weight is 226 g/mol. The predicted octanol–water partition coefficient (Wildman–Crippen LogP) is 2.25. The second-order valence-electron chi connectivity index (χ2n) is 2.35. The Morgan fingerprint density at radius 3 is 2.58 bits per heavy atom. The minimum absolute atomic E-state index is 0.154. The number of hydrogen-bond acceptors (Lipinski definition) is 4. The zero-order valence-corrected chi connectivity index (χ0v) is 10.3. The molecule has 12 heavy (non-hydrogen) atoms. The Bertz CT molecular complexity index is 196. The average Bonchev–Trinajstić information content (AvgIpc) is 2.00. The minimum atomic E-state index is -1.92. The molecule has 72 valence electrons. The number of nitrogens with one attached hydrogen (secondary N) is 1. The Morgan fingerprint density at radius 1 is 1.67 bits per heavy atom. The molecular formula is C6H15N2OPS2. The maximum absolute atomic E-state index is 5.58. The third kappa shape index (κ3) is 5.14. The van der Waals surface area contributed by atoms with Gasteiger partial charge in [-0.3, -0.25) is 4.99 Å². The van der Waals surface area contributed by atoms with Gasteiger partial charge in [0.15, 0.2) is 0 Å². The minimum Gasteiger partial charge on any atom is -0.324 e. The van der Waals surface area contributed by atoms with Gasteiger partial charge in [0.05, 0.1) is 12.4 Å². The van der Waals surface area contributed by atoms with Crippen molar-refractivity contribution in [2.24, 2.45) is 4.99 Å². The van der Waals surface area contributed by atoms with Gasteiger partial charge in [-0.25, -0.2) is 0 Å². The summed E-state index contributed by atoms with van der Waals surface area (Å²) >= 11 is 6.84. The summed E-state index contributed by atoms with van der Waals surface area (Å²) in [5.74, 6) is 0.